The van der Waals surface area contributed by atoms with Gasteiger partial charge in [0, 0.05) is 25.4 Å². The van der Waals surface area contributed by atoms with E-state index in [0.29, 0.717) is 18.2 Å². The molecule has 1 aliphatic carbocycles. The summed E-state index contributed by atoms with van der Waals surface area (Å²) in [6, 6.07) is 0.350. The Bertz CT molecular complexity index is 342. The third kappa shape index (κ3) is 2.16. The number of oxime groups is 1. The van der Waals surface area contributed by atoms with Gasteiger partial charge in [0.1, 0.15) is 5.71 Å². The molecule has 1 unspecified atom stereocenters. The summed E-state index contributed by atoms with van der Waals surface area (Å²) in [6.45, 7) is 1.75. The third-order valence-electron chi connectivity index (χ3n) is 4.00. The summed E-state index contributed by atoms with van der Waals surface area (Å²) >= 11 is 0. The standard InChI is InChI=1S/C12H19N3O2/c16-11(14-9-3-1-2-4-9)10-7-12(17-15-10)5-6-13-8-12/h9,13H,1-8H2,(H,14,16). The van der Waals surface area contributed by atoms with Crippen LogP contribution in [0.2, 0.25) is 0 Å². The SMILES string of the molecule is O=C(NC1CCCC1)C1=NOC2(CCNC2)C1. The normalized spacial score (nSPS) is 32.8. The van der Waals surface area contributed by atoms with Crippen LogP contribution in [-0.2, 0) is 9.63 Å². The molecule has 3 rings (SSSR count). The van der Waals surface area contributed by atoms with Gasteiger partial charge in [0.15, 0.2) is 5.60 Å². The van der Waals surface area contributed by atoms with Crippen LogP contribution in [-0.4, -0.2) is 36.4 Å². The van der Waals surface area contributed by atoms with Gasteiger partial charge in [-0.25, -0.2) is 0 Å². The van der Waals surface area contributed by atoms with E-state index in [0.717, 1.165) is 32.4 Å². The van der Waals surface area contributed by atoms with Gasteiger partial charge in [0.05, 0.1) is 0 Å². The molecule has 1 amide bonds. The minimum Gasteiger partial charge on any atom is -0.387 e. The first-order valence-electron chi connectivity index (χ1n) is 6.54. The Kier molecular flexibility index (Phi) is 2.78. The van der Waals surface area contributed by atoms with Crippen LogP contribution in [0.15, 0.2) is 5.16 Å². The molecule has 0 bridgehead atoms. The van der Waals surface area contributed by atoms with Gasteiger partial charge in [-0.15, -0.1) is 0 Å². The summed E-state index contributed by atoms with van der Waals surface area (Å²) in [6.07, 6.45) is 6.25. The minimum absolute atomic E-state index is 0.0272. The lowest BCUT2D eigenvalue weighted by molar-refractivity contribution is -0.115. The summed E-state index contributed by atoms with van der Waals surface area (Å²) in [5.41, 5.74) is 0.336. The first kappa shape index (κ1) is 11.0. The largest absolute Gasteiger partial charge is 0.387 e. The smallest absolute Gasteiger partial charge is 0.269 e. The second kappa shape index (κ2) is 4.29. The molecule has 0 radical (unpaired) electrons. The number of hydrogen-bond acceptors (Lipinski definition) is 4. The van der Waals surface area contributed by atoms with Gasteiger partial charge >= 0.3 is 0 Å². The van der Waals surface area contributed by atoms with Crippen molar-refractivity contribution in [1.82, 2.24) is 10.6 Å². The first-order valence-corrected chi connectivity index (χ1v) is 6.54. The lowest BCUT2D eigenvalue weighted by Gasteiger charge is -2.18. The van der Waals surface area contributed by atoms with Crippen LogP contribution in [0.1, 0.15) is 38.5 Å². The van der Waals surface area contributed by atoms with Crippen molar-refractivity contribution >= 4 is 11.6 Å². The lowest BCUT2D eigenvalue weighted by atomic mass is 9.96. The third-order valence-corrected chi connectivity index (χ3v) is 4.00. The van der Waals surface area contributed by atoms with Crippen LogP contribution in [0.3, 0.4) is 0 Å². The van der Waals surface area contributed by atoms with E-state index in [4.69, 9.17) is 4.84 Å². The highest BCUT2D eigenvalue weighted by atomic mass is 16.7. The molecule has 5 heteroatoms. The maximum atomic E-state index is 12.0. The predicted molar refractivity (Wildman–Crippen MR) is 63.8 cm³/mol. The monoisotopic (exact) mass is 237 g/mol. The van der Waals surface area contributed by atoms with E-state index < -0.39 is 0 Å². The molecule has 0 aromatic heterocycles. The van der Waals surface area contributed by atoms with Crippen molar-refractivity contribution in [3.8, 4) is 0 Å². The highest BCUT2D eigenvalue weighted by molar-refractivity contribution is 6.39. The van der Waals surface area contributed by atoms with Crippen LogP contribution >= 0.6 is 0 Å². The van der Waals surface area contributed by atoms with Crippen LogP contribution in [0.25, 0.3) is 0 Å². The Balaban J connectivity index is 1.56. The Morgan fingerprint density at radius 1 is 1.47 bits per heavy atom. The molecule has 5 nitrogen and oxygen atoms in total. The summed E-state index contributed by atoms with van der Waals surface area (Å²) in [5, 5.41) is 10.3. The molecular weight excluding hydrogens is 218 g/mol. The van der Waals surface area contributed by atoms with Gasteiger partial charge in [-0.05, 0) is 19.4 Å². The van der Waals surface area contributed by atoms with Crippen molar-refractivity contribution in [1.29, 1.82) is 0 Å². The summed E-state index contributed by atoms with van der Waals surface area (Å²) in [7, 11) is 0. The van der Waals surface area contributed by atoms with Crippen molar-refractivity contribution in [2.24, 2.45) is 5.16 Å². The van der Waals surface area contributed by atoms with Crippen molar-refractivity contribution in [2.75, 3.05) is 13.1 Å². The highest BCUT2D eigenvalue weighted by Crippen LogP contribution is 2.30. The fourth-order valence-corrected chi connectivity index (χ4v) is 2.93. The molecule has 2 aliphatic heterocycles. The van der Waals surface area contributed by atoms with Crippen molar-refractivity contribution in [3.05, 3.63) is 0 Å². The Labute approximate surface area is 101 Å². The minimum atomic E-state index is -0.234. The van der Waals surface area contributed by atoms with Crippen molar-refractivity contribution in [2.45, 2.75) is 50.2 Å². The van der Waals surface area contributed by atoms with Gasteiger partial charge in [0.2, 0.25) is 0 Å². The molecule has 0 aromatic rings. The van der Waals surface area contributed by atoms with Crippen molar-refractivity contribution < 1.29 is 9.63 Å². The molecule has 94 valence electrons. The highest BCUT2D eigenvalue weighted by Gasteiger charge is 2.43. The van der Waals surface area contributed by atoms with E-state index in [2.05, 4.69) is 15.8 Å². The average molecular weight is 237 g/mol. The number of nitrogens with one attached hydrogen (secondary N) is 2. The van der Waals surface area contributed by atoms with Crippen LogP contribution in [0.4, 0.5) is 0 Å². The van der Waals surface area contributed by atoms with Crippen LogP contribution < -0.4 is 10.6 Å². The van der Waals surface area contributed by atoms with E-state index in [9.17, 15) is 4.79 Å². The first-order chi connectivity index (χ1) is 8.27. The summed E-state index contributed by atoms with van der Waals surface area (Å²) in [5.74, 6) is -0.0272. The molecule has 2 heterocycles. The molecule has 2 fully saturated rings. The molecule has 17 heavy (non-hydrogen) atoms. The average Bonchev–Trinajstić information content (AvgIpc) is 3.03. The quantitative estimate of drug-likeness (QED) is 0.737. The van der Waals surface area contributed by atoms with Crippen molar-refractivity contribution in [3.63, 3.8) is 0 Å². The van der Waals surface area contributed by atoms with E-state index >= 15 is 0 Å². The van der Waals surface area contributed by atoms with E-state index in [1.54, 1.807) is 0 Å². The van der Waals surface area contributed by atoms with E-state index in [1.807, 2.05) is 0 Å². The maximum absolute atomic E-state index is 12.0. The van der Waals surface area contributed by atoms with Crippen LogP contribution in [0.5, 0.6) is 0 Å². The predicted octanol–water partition coefficient (Wildman–Crippen LogP) is 0.554. The molecular formula is C12H19N3O2. The van der Waals surface area contributed by atoms with Gasteiger partial charge in [-0.1, -0.05) is 18.0 Å². The fraction of sp³-hybridized carbons (Fsp3) is 0.833. The number of carbonyl (C=O) groups is 1. The molecule has 2 N–H and O–H groups in total. The summed E-state index contributed by atoms with van der Waals surface area (Å²) < 4.78 is 0. The molecule has 1 saturated heterocycles. The maximum Gasteiger partial charge on any atom is 0.269 e. The Morgan fingerprint density at radius 2 is 2.29 bits per heavy atom. The Hall–Kier alpha value is -1.10. The zero-order valence-electron chi connectivity index (χ0n) is 10.00. The Morgan fingerprint density at radius 3 is 3.00 bits per heavy atom. The number of carbonyl (C=O) groups excluding carboxylic acids is 1. The zero-order valence-corrected chi connectivity index (χ0v) is 10.00. The van der Waals surface area contributed by atoms with E-state index in [1.165, 1.54) is 12.8 Å². The summed E-state index contributed by atoms with van der Waals surface area (Å²) in [4.78, 5) is 17.5. The number of hydrogen-bond donors (Lipinski definition) is 2. The van der Waals surface area contributed by atoms with Gasteiger partial charge < -0.3 is 15.5 Å². The molecule has 3 aliphatic rings. The lowest BCUT2D eigenvalue weighted by Crippen LogP contribution is -2.39. The zero-order chi connectivity index (χ0) is 11.7. The molecule has 1 saturated carbocycles. The molecule has 1 atom stereocenters. The molecule has 1 spiro atoms. The van der Waals surface area contributed by atoms with E-state index in [-0.39, 0.29) is 11.5 Å². The van der Waals surface area contributed by atoms with Gasteiger partial charge in [-0.3, -0.25) is 4.79 Å². The van der Waals surface area contributed by atoms with Gasteiger partial charge in [0.25, 0.3) is 5.91 Å². The topological polar surface area (TPSA) is 62.7 Å². The number of amides is 1. The number of rotatable bonds is 2. The number of nitrogens with zero attached hydrogens (tertiary/aromatic N) is 1. The van der Waals surface area contributed by atoms with Gasteiger partial charge in [-0.2, -0.15) is 0 Å². The van der Waals surface area contributed by atoms with Crippen LogP contribution in [0, 0.1) is 0 Å². The second-order valence-corrected chi connectivity index (χ2v) is 5.37. The fourth-order valence-electron chi connectivity index (χ4n) is 2.93. The second-order valence-electron chi connectivity index (χ2n) is 5.37. The molecule has 0 aromatic carbocycles.